The van der Waals surface area contributed by atoms with Gasteiger partial charge < -0.3 is 41.7 Å². The SMILES string of the molecule is N.Nc1nc2c(ncn2[C@@H]2O[C@H](CO)[C@@H](O)[C@H]2O)c(=O)[nH]1.[N-]=[N+]=NCCOP(=O)(O)O. The van der Waals surface area contributed by atoms with Crippen molar-refractivity contribution in [1.82, 2.24) is 25.7 Å². The molecule has 1 aliphatic heterocycles. The highest BCUT2D eigenvalue weighted by molar-refractivity contribution is 7.46. The maximum atomic E-state index is 11.7. The molecular weight excluding hydrogens is 445 g/mol. The highest BCUT2D eigenvalue weighted by atomic mass is 31.2. The number of nitrogens with two attached hydrogens (primary N) is 1. The molecule has 0 aromatic carbocycles. The second-order valence-electron chi connectivity index (χ2n) is 5.78. The highest BCUT2D eigenvalue weighted by Crippen LogP contribution is 2.35. The zero-order valence-electron chi connectivity index (χ0n) is 15.8. The Morgan fingerprint density at radius 3 is 2.65 bits per heavy atom. The van der Waals surface area contributed by atoms with Gasteiger partial charge in [-0.3, -0.25) is 18.9 Å². The number of fused-ring (bicyclic) bond motifs is 1. The van der Waals surface area contributed by atoms with Crippen LogP contribution in [0.3, 0.4) is 0 Å². The van der Waals surface area contributed by atoms with Crippen LogP contribution in [-0.2, 0) is 13.8 Å². The van der Waals surface area contributed by atoms with Crippen molar-refractivity contribution in [2.24, 2.45) is 5.11 Å². The standard InChI is InChI=1S/C10H13N5O5.C2H6N3O4P.H3N/c11-10-13-7-4(8(19)14-10)12-2-15(7)9-6(18)5(17)3(1-16)20-9;3-5-4-1-2-9-10(6,7)8;/h2-3,5-6,9,16-18H,1H2,(H3,11,13,14,19);1-2H2,(H2,6,7,8);1H3/t3-,5-,6-,9-;;/m1../s1. The zero-order chi connectivity index (χ0) is 22.5. The molecule has 2 aromatic rings. The van der Waals surface area contributed by atoms with E-state index in [-0.39, 0.29) is 36.4 Å². The summed E-state index contributed by atoms with van der Waals surface area (Å²) in [7, 11) is -4.39. The highest BCUT2D eigenvalue weighted by Gasteiger charge is 2.44. The average Bonchev–Trinajstić information content (AvgIpc) is 3.20. The molecule has 4 atom stereocenters. The first-order valence-corrected chi connectivity index (χ1v) is 9.67. The Bertz CT molecular complexity index is 1020. The fraction of sp³-hybridized carbons (Fsp3) is 0.583. The van der Waals surface area contributed by atoms with Crippen LogP contribution >= 0.6 is 7.82 Å². The van der Waals surface area contributed by atoms with Crippen molar-refractivity contribution in [3.05, 3.63) is 27.1 Å². The molecule has 1 fully saturated rings. The van der Waals surface area contributed by atoms with E-state index in [0.717, 1.165) is 0 Å². The van der Waals surface area contributed by atoms with Crippen LogP contribution in [0.4, 0.5) is 5.95 Å². The molecule has 19 heteroatoms. The van der Waals surface area contributed by atoms with Crippen LogP contribution in [0.2, 0.25) is 0 Å². The molecular formula is C12H22N9O9P. The molecule has 31 heavy (non-hydrogen) atoms. The number of aromatic amines is 1. The summed E-state index contributed by atoms with van der Waals surface area (Å²) >= 11 is 0. The van der Waals surface area contributed by atoms with E-state index < -0.39 is 44.5 Å². The Morgan fingerprint density at radius 1 is 1.42 bits per heavy atom. The summed E-state index contributed by atoms with van der Waals surface area (Å²) in [4.78, 5) is 40.3. The van der Waals surface area contributed by atoms with Gasteiger partial charge in [-0.15, -0.1) is 0 Å². The number of phosphoric acid groups is 1. The molecule has 0 amide bonds. The largest absolute Gasteiger partial charge is 0.469 e. The third-order valence-corrected chi connectivity index (χ3v) is 4.27. The van der Waals surface area contributed by atoms with Crippen molar-refractivity contribution in [3.63, 3.8) is 0 Å². The van der Waals surface area contributed by atoms with Crippen LogP contribution in [0.5, 0.6) is 0 Å². The number of anilines is 1. The van der Waals surface area contributed by atoms with Crippen molar-refractivity contribution >= 4 is 24.9 Å². The number of hydrogen-bond donors (Lipinski definition) is 8. The van der Waals surface area contributed by atoms with Gasteiger partial charge in [-0.2, -0.15) is 4.98 Å². The van der Waals surface area contributed by atoms with E-state index in [4.69, 9.17) is 30.9 Å². The number of aliphatic hydroxyl groups excluding tert-OH is 3. The Labute approximate surface area is 172 Å². The second kappa shape index (κ2) is 11.1. The Morgan fingerprint density at radius 2 is 2.10 bits per heavy atom. The maximum absolute atomic E-state index is 11.7. The van der Waals surface area contributed by atoms with E-state index in [0.29, 0.717) is 0 Å². The van der Waals surface area contributed by atoms with Crippen molar-refractivity contribution < 1.29 is 38.9 Å². The first-order valence-electron chi connectivity index (χ1n) is 8.14. The lowest BCUT2D eigenvalue weighted by Crippen LogP contribution is -2.33. The minimum Gasteiger partial charge on any atom is -0.394 e. The Balaban J connectivity index is 0.000000376. The molecule has 0 radical (unpaired) electrons. The van der Waals surface area contributed by atoms with Crippen molar-refractivity contribution in [2.45, 2.75) is 24.5 Å². The molecule has 11 N–H and O–H groups in total. The van der Waals surface area contributed by atoms with Gasteiger partial charge in [-0.25, -0.2) is 9.55 Å². The molecule has 2 aromatic heterocycles. The fourth-order valence-corrected chi connectivity index (χ4v) is 2.80. The monoisotopic (exact) mass is 467 g/mol. The van der Waals surface area contributed by atoms with Crippen molar-refractivity contribution in [3.8, 4) is 0 Å². The second-order valence-corrected chi connectivity index (χ2v) is 7.02. The molecule has 1 aliphatic rings. The van der Waals surface area contributed by atoms with Crippen LogP contribution in [0.25, 0.3) is 21.6 Å². The molecule has 0 aliphatic carbocycles. The van der Waals surface area contributed by atoms with Gasteiger partial charge >= 0.3 is 7.82 Å². The van der Waals surface area contributed by atoms with Gasteiger partial charge in [0, 0.05) is 11.5 Å². The minimum atomic E-state index is -4.39. The van der Waals surface area contributed by atoms with E-state index in [2.05, 4.69) is 29.5 Å². The van der Waals surface area contributed by atoms with Gasteiger partial charge in [-0.05, 0) is 5.53 Å². The molecule has 0 bridgehead atoms. The average molecular weight is 467 g/mol. The van der Waals surface area contributed by atoms with E-state index in [1.54, 1.807) is 0 Å². The number of hydrogen-bond acceptors (Lipinski definition) is 12. The number of nitrogens with one attached hydrogen (secondary N) is 1. The lowest BCUT2D eigenvalue weighted by Gasteiger charge is -2.16. The smallest absolute Gasteiger partial charge is 0.394 e. The summed E-state index contributed by atoms with van der Waals surface area (Å²) in [5.41, 5.74) is 12.8. The van der Waals surface area contributed by atoms with E-state index in [1.165, 1.54) is 10.9 Å². The number of aliphatic hydroxyl groups is 3. The van der Waals surface area contributed by atoms with Crippen LogP contribution in [0.1, 0.15) is 6.23 Å². The fourth-order valence-electron chi connectivity index (χ4n) is 2.48. The van der Waals surface area contributed by atoms with Gasteiger partial charge in [0.15, 0.2) is 17.4 Å². The maximum Gasteiger partial charge on any atom is 0.469 e. The molecule has 1 saturated heterocycles. The third kappa shape index (κ3) is 6.68. The van der Waals surface area contributed by atoms with Gasteiger partial charge in [-0.1, -0.05) is 5.11 Å². The molecule has 3 rings (SSSR count). The summed E-state index contributed by atoms with van der Waals surface area (Å²) in [5, 5.41) is 31.7. The van der Waals surface area contributed by atoms with Crippen LogP contribution in [-0.4, -0.2) is 82.7 Å². The topological polar surface area (TPSA) is 310 Å². The Kier molecular flexibility index (Phi) is 9.47. The van der Waals surface area contributed by atoms with Crippen LogP contribution in [0, 0.1) is 0 Å². The first kappa shape index (κ1) is 26.4. The quantitative estimate of drug-likeness (QED) is 0.0741. The summed E-state index contributed by atoms with van der Waals surface area (Å²) in [6.45, 7) is -0.798. The number of nitrogen functional groups attached to an aromatic ring is 1. The number of imidazole rings is 1. The first-order chi connectivity index (χ1) is 14.1. The van der Waals surface area contributed by atoms with Crippen molar-refractivity contribution in [2.75, 3.05) is 25.5 Å². The summed E-state index contributed by atoms with van der Waals surface area (Å²) in [6.07, 6.45) is -3.21. The number of azide groups is 1. The number of aromatic nitrogens is 4. The number of ether oxygens (including phenoxy) is 1. The van der Waals surface area contributed by atoms with E-state index >= 15 is 0 Å². The van der Waals surface area contributed by atoms with Gasteiger partial charge in [0.2, 0.25) is 5.95 Å². The number of nitrogens with zero attached hydrogens (tertiary/aromatic N) is 6. The zero-order valence-corrected chi connectivity index (χ0v) is 16.7. The normalized spacial score (nSPS) is 22.9. The van der Waals surface area contributed by atoms with Gasteiger partial charge in [0.25, 0.3) is 5.56 Å². The summed E-state index contributed by atoms with van der Waals surface area (Å²) in [5.74, 6) is -0.101. The molecule has 18 nitrogen and oxygen atoms in total. The molecule has 0 saturated carbocycles. The third-order valence-electron chi connectivity index (χ3n) is 3.76. The summed E-state index contributed by atoms with van der Waals surface area (Å²) < 4.78 is 20.5. The molecule has 0 spiro atoms. The Hall–Kier alpha value is -2.63. The molecule has 3 heterocycles. The minimum absolute atomic E-state index is 0. The van der Waals surface area contributed by atoms with Crippen LogP contribution in [0.15, 0.2) is 16.2 Å². The molecule has 0 unspecified atom stereocenters. The van der Waals surface area contributed by atoms with Crippen LogP contribution < -0.4 is 17.4 Å². The number of H-pyrrole nitrogens is 1. The van der Waals surface area contributed by atoms with E-state index in [1.807, 2.05) is 0 Å². The predicted octanol–water partition coefficient (Wildman–Crippen LogP) is -2.12. The summed E-state index contributed by atoms with van der Waals surface area (Å²) in [6, 6.07) is 0. The number of phosphoric ester groups is 1. The lowest BCUT2D eigenvalue weighted by atomic mass is 10.1. The molecule has 174 valence electrons. The van der Waals surface area contributed by atoms with Crippen molar-refractivity contribution in [1.29, 1.82) is 0 Å². The lowest BCUT2D eigenvalue weighted by molar-refractivity contribution is -0.0511. The van der Waals surface area contributed by atoms with Gasteiger partial charge in [0.05, 0.1) is 19.5 Å². The van der Waals surface area contributed by atoms with Gasteiger partial charge in [0.1, 0.15) is 18.3 Å². The number of rotatable bonds is 6. The predicted molar refractivity (Wildman–Crippen MR) is 103 cm³/mol. The van der Waals surface area contributed by atoms with E-state index in [9.17, 15) is 19.6 Å².